The molecule has 0 aliphatic carbocycles. The molecule has 0 atom stereocenters. The van der Waals surface area contributed by atoms with E-state index in [2.05, 4.69) is 0 Å². The van der Waals surface area contributed by atoms with Crippen LogP contribution in [-0.4, -0.2) is 11.1 Å². The van der Waals surface area contributed by atoms with Crippen molar-refractivity contribution in [2.45, 2.75) is 0 Å². The summed E-state index contributed by atoms with van der Waals surface area (Å²) in [4.78, 5) is 11.0. The van der Waals surface area contributed by atoms with Gasteiger partial charge in [0.25, 0.3) is 0 Å². The van der Waals surface area contributed by atoms with Crippen molar-refractivity contribution in [1.29, 1.82) is 0 Å². The zero-order valence-corrected chi connectivity index (χ0v) is 10.5. The minimum Gasteiger partial charge on any atom is -0.478 e. The molecule has 0 unspecified atom stereocenters. The van der Waals surface area contributed by atoms with E-state index in [-0.39, 0.29) is 16.5 Å². The van der Waals surface area contributed by atoms with Crippen molar-refractivity contribution in [2.24, 2.45) is 0 Å². The molecular formula is C11H5Cl3O3. The van der Waals surface area contributed by atoms with Crippen molar-refractivity contribution in [3.05, 3.63) is 45.1 Å². The maximum atomic E-state index is 11.0. The number of furan rings is 1. The third-order valence-electron chi connectivity index (χ3n) is 2.11. The molecule has 0 saturated heterocycles. The van der Waals surface area contributed by atoms with Crippen LogP contribution in [0.4, 0.5) is 0 Å². The number of benzene rings is 1. The Hall–Kier alpha value is -1.16. The quantitative estimate of drug-likeness (QED) is 0.879. The highest BCUT2D eigenvalue weighted by Gasteiger charge is 2.18. The molecule has 1 heterocycles. The van der Waals surface area contributed by atoms with E-state index >= 15 is 0 Å². The number of rotatable bonds is 2. The molecule has 2 rings (SSSR count). The summed E-state index contributed by atoms with van der Waals surface area (Å²) in [6.45, 7) is 0. The predicted octanol–water partition coefficient (Wildman–Crippen LogP) is 4.61. The second kappa shape index (κ2) is 4.61. The number of carboxylic acids is 1. The van der Waals surface area contributed by atoms with Gasteiger partial charge in [-0.05, 0) is 29.8 Å². The van der Waals surface area contributed by atoms with Crippen molar-refractivity contribution < 1.29 is 14.3 Å². The maximum Gasteiger partial charge on any atom is 0.339 e. The minimum atomic E-state index is -1.12. The fraction of sp³-hybridized carbons (Fsp3) is 0. The molecule has 1 aromatic carbocycles. The molecule has 0 saturated carbocycles. The molecule has 0 radical (unpaired) electrons. The monoisotopic (exact) mass is 290 g/mol. The van der Waals surface area contributed by atoms with Crippen molar-refractivity contribution >= 4 is 40.8 Å². The Labute approximate surface area is 112 Å². The van der Waals surface area contributed by atoms with Crippen LogP contribution in [-0.2, 0) is 0 Å². The average molecular weight is 292 g/mol. The summed E-state index contributed by atoms with van der Waals surface area (Å²) in [5.41, 5.74) is 0.483. The van der Waals surface area contributed by atoms with Crippen LogP contribution in [0.1, 0.15) is 10.4 Å². The van der Waals surface area contributed by atoms with E-state index in [1.807, 2.05) is 0 Å². The smallest absolute Gasteiger partial charge is 0.339 e. The highest BCUT2D eigenvalue weighted by molar-refractivity contribution is 6.42. The second-order valence-corrected chi connectivity index (χ2v) is 4.41. The number of aromatic carboxylic acids is 1. The van der Waals surface area contributed by atoms with Gasteiger partial charge in [-0.15, -0.1) is 0 Å². The molecule has 6 heteroatoms. The van der Waals surface area contributed by atoms with Crippen molar-refractivity contribution in [3.8, 4) is 11.3 Å². The highest BCUT2D eigenvalue weighted by atomic mass is 35.5. The number of halogens is 3. The van der Waals surface area contributed by atoms with Gasteiger partial charge in [-0.25, -0.2) is 4.79 Å². The molecule has 2 aromatic rings. The van der Waals surface area contributed by atoms with E-state index in [0.717, 1.165) is 0 Å². The van der Waals surface area contributed by atoms with Crippen LogP contribution in [0, 0.1) is 0 Å². The summed E-state index contributed by atoms with van der Waals surface area (Å²) >= 11 is 17.3. The number of carboxylic acid groups (broad SMARTS) is 1. The third kappa shape index (κ3) is 2.41. The van der Waals surface area contributed by atoms with Crippen LogP contribution in [0.2, 0.25) is 15.3 Å². The van der Waals surface area contributed by atoms with Gasteiger partial charge in [0.1, 0.15) is 5.56 Å². The Kier molecular flexibility index (Phi) is 3.33. The lowest BCUT2D eigenvalue weighted by molar-refractivity contribution is 0.0697. The van der Waals surface area contributed by atoms with Crippen LogP contribution in [0.5, 0.6) is 0 Å². The number of hydrogen-bond acceptors (Lipinski definition) is 2. The molecule has 1 N–H and O–H groups in total. The minimum absolute atomic E-state index is 0.00322. The van der Waals surface area contributed by atoms with Gasteiger partial charge in [-0.3, -0.25) is 0 Å². The lowest BCUT2D eigenvalue weighted by Crippen LogP contribution is -1.95. The summed E-state index contributed by atoms with van der Waals surface area (Å²) in [7, 11) is 0. The molecule has 0 amide bonds. The van der Waals surface area contributed by atoms with Gasteiger partial charge in [0.2, 0.25) is 0 Å². The predicted molar refractivity (Wildman–Crippen MR) is 66.1 cm³/mol. The van der Waals surface area contributed by atoms with Crippen LogP contribution in [0.25, 0.3) is 11.3 Å². The van der Waals surface area contributed by atoms with Crippen molar-refractivity contribution in [3.63, 3.8) is 0 Å². The Bertz CT molecular complexity index is 590. The van der Waals surface area contributed by atoms with E-state index in [4.69, 9.17) is 44.3 Å². The first-order valence-electron chi connectivity index (χ1n) is 4.47. The Morgan fingerprint density at radius 2 is 1.82 bits per heavy atom. The Balaban J connectivity index is 2.59. The van der Waals surface area contributed by atoms with Gasteiger partial charge in [-0.1, -0.05) is 23.2 Å². The molecule has 88 valence electrons. The molecule has 0 bridgehead atoms. The van der Waals surface area contributed by atoms with Crippen LogP contribution < -0.4 is 0 Å². The summed E-state index contributed by atoms with van der Waals surface area (Å²) in [5, 5.41) is 9.68. The van der Waals surface area contributed by atoms with Gasteiger partial charge in [0.15, 0.2) is 11.0 Å². The van der Waals surface area contributed by atoms with E-state index in [1.165, 1.54) is 12.1 Å². The van der Waals surface area contributed by atoms with Gasteiger partial charge in [-0.2, -0.15) is 0 Å². The largest absolute Gasteiger partial charge is 0.478 e. The maximum absolute atomic E-state index is 11.0. The summed E-state index contributed by atoms with van der Waals surface area (Å²) < 4.78 is 5.14. The highest BCUT2D eigenvalue weighted by Crippen LogP contribution is 2.33. The molecule has 0 fully saturated rings. The van der Waals surface area contributed by atoms with Gasteiger partial charge in [0, 0.05) is 11.6 Å². The Morgan fingerprint density at radius 1 is 1.12 bits per heavy atom. The number of hydrogen-bond donors (Lipinski definition) is 1. The molecule has 1 aromatic heterocycles. The third-order valence-corrected chi connectivity index (χ3v) is 3.04. The molecule has 0 aliphatic rings. The van der Waals surface area contributed by atoms with Gasteiger partial charge < -0.3 is 9.52 Å². The van der Waals surface area contributed by atoms with E-state index in [9.17, 15) is 4.79 Å². The zero-order chi connectivity index (χ0) is 12.6. The van der Waals surface area contributed by atoms with Crippen LogP contribution >= 0.6 is 34.8 Å². The fourth-order valence-electron chi connectivity index (χ4n) is 1.37. The topological polar surface area (TPSA) is 50.4 Å². The Morgan fingerprint density at radius 3 is 2.41 bits per heavy atom. The normalized spacial score (nSPS) is 10.5. The van der Waals surface area contributed by atoms with Crippen LogP contribution in [0.15, 0.2) is 28.7 Å². The first kappa shape index (κ1) is 12.3. The first-order chi connectivity index (χ1) is 7.99. The van der Waals surface area contributed by atoms with Crippen LogP contribution in [0.3, 0.4) is 0 Å². The average Bonchev–Trinajstić information content (AvgIpc) is 2.64. The van der Waals surface area contributed by atoms with E-state index in [1.54, 1.807) is 12.1 Å². The first-order valence-corrected chi connectivity index (χ1v) is 5.60. The molecule has 0 spiro atoms. The fourth-order valence-corrected chi connectivity index (χ4v) is 1.86. The van der Waals surface area contributed by atoms with Gasteiger partial charge in [0.05, 0.1) is 10.0 Å². The zero-order valence-electron chi connectivity index (χ0n) is 8.21. The summed E-state index contributed by atoms with van der Waals surface area (Å²) in [6, 6.07) is 5.92. The second-order valence-electron chi connectivity index (χ2n) is 3.23. The van der Waals surface area contributed by atoms with Gasteiger partial charge >= 0.3 is 5.97 Å². The standard InChI is InChI=1S/C11H5Cl3O3/c12-7-2-1-5(3-8(7)13)10-6(11(15)16)4-9(14)17-10/h1-4H,(H,15,16). The molecule has 17 heavy (non-hydrogen) atoms. The summed E-state index contributed by atoms with van der Waals surface area (Å²) in [5.74, 6) is -0.970. The SMILES string of the molecule is O=C(O)c1cc(Cl)oc1-c1ccc(Cl)c(Cl)c1. The lowest BCUT2D eigenvalue weighted by atomic mass is 10.1. The molecule has 3 nitrogen and oxygen atoms in total. The lowest BCUT2D eigenvalue weighted by Gasteiger charge is -2.01. The van der Waals surface area contributed by atoms with E-state index < -0.39 is 5.97 Å². The van der Waals surface area contributed by atoms with Crippen molar-refractivity contribution in [1.82, 2.24) is 0 Å². The van der Waals surface area contributed by atoms with Crippen molar-refractivity contribution in [2.75, 3.05) is 0 Å². The molecule has 0 aliphatic heterocycles. The summed E-state index contributed by atoms with van der Waals surface area (Å²) in [6.07, 6.45) is 0. The van der Waals surface area contributed by atoms with E-state index in [0.29, 0.717) is 15.6 Å². The molecular weight excluding hydrogens is 286 g/mol. The number of carbonyl (C=O) groups is 1.